The number of fused-ring (bicyclic) bond motifs is 1. The summed E-state index contributed by atoms with van der Waals surface area (Å²) in [6.45, 7) is 2.00. The van der Waals surface area contributed by atoms with Crippen molar-refractivity contribution in [2.75, 3.05) is 11.6 Å². The van der Waals surface area contributed by atoms with Crippen LogP contribution in [0.4, 0.5) is 20.2 Å². The van der Waals surface area contributed by atoms with Gasteiger partial charge in [0.25, 0.3) is 6.43 Å². The summed E-state index contributed by atoms with van der Waals surface area (Å²) >= 11 is 9.81. The van der Waals surface area contributed by atoms with Crippen molar-refractivity contribution >= 4 is 74.3 Å². The van der Waals surface area contributed by atoms with E-state index in [0.29, 0.717) is 16.9 Å². The highest BCUT2D eigenvalue weighted by molar-refractivity contribution is 14.2. The predicted octanol–water partition coefficient (Wildman–Crippen LogP) is 6.99. The first kappa shape index (κ1) is 22.7. The quantitative estimate of drug-likeness (QED) is 0.113. The monoisotopic (exact) mass is 592 g/mol. The molecule has 1 N–H and O–H groups in total. The molecule has 0 fully saturated rings. The summed E-state index contributed by atoms with van der Waals surface area (Å²) in [4.78, 5) is 13.9. The smallest absolute Gasteiger partial charge is 0.295 e. The second kappa shape index (κ2) is 9.17. The fraction of sp³-hybridized carbons (Fsp3) is 0.211. The van der Waals surface area contributed by atoms with Crippen LogP contribution in [0.25, 0.3) is 22.6 Å². The molecule has 0 radical (unpaired) electrons. The fourth-order valence-electron chi connectivity index (χ4n) is 3.20. The number of anilines is 2. The van der Waals surface area contributed by atoms with Crippen molar-refractivity contribution in [1.82, 2.24) is 23.9 Å². The summed E-state index contributed by atoms with van der Waals surface area (Å²) in [5, 5.41) is 3.52. The molecule has 0 spiro atoms. The Hall–Kier alpha value is -1.49. The first-order valence-electron chi connectivity index (χ1n) is 9.01. The van der Waals surface area contributed by atoms with E-state index in [-0.39, 0.29) is 17.4 Å². The van der Waals surface area contributed by atoms with E-state index in [2.05, 4.69) is 20.3 Å². The lowest BCUT2D eigenvalue weighted by molar-refractivity contribution is 0.140. The van der Waals surface area contributed by atoms with E-state index in [1.807, 2.05) is 71.2 Å². The van der Waals surface area contributed by atoms with Crippen molar-refractivity contribution in [3.05, 3.63) is 47.1 Å². The van der Waals surface area contributed by atoms with Crippen molar-refractivity contribution in [3.63, 3.8) is 0 Å². The molecule has 0 amide bonds. The van der Waals surface area contributed by atoms with Crippen molar-refractivity contribution in [1.29, 1.82) is 0 Å². The van der Waals surface area contributed by atoms with E-state index in [1.54, 1.807) is 17.8 Å². The molecule has 0 bridgehead atoms. The number of nitrogens with one attached hydrogen (secondary N) is 1. The molecule has 12 heteroatoms. The molecule has 31 heavy (non-hydrogen) atoms. The summed E-state index contributed by atoms with van der Waals surface area (Å²) < 4.78 is 30.4. The number of aryl methyl sites for hydroxylation is 1. The van der Waals surface area contributed by atoms with Crippen molar-refractivity contribution in [2.24, 2.45) is 7.05 Å². The van der Waals surface area contributed by atoms with Crippen LogP contribution in [0.15, 0.2) is 35.4 Å². The topological polar surface area (TPSA) is 60.6 Å². The van der Waals surface area contributed by atoms with Crippen LogP contribution in [0, 0.1) is 6.92 Å². The molecular formula is C19H17ClF2IN6PS. The Balaban J connectivity index is 1.79. The number of rotatable bonds is 6. The maximum Gasteiger partial charge on any atom is 0.295 e. The molecule has 4 aromatic rings. The Bertz CT molecular complexity index is 1280. The molecule has 0 saturated heterocycles. The number of halogens is 4. The zero-order valence-corrected chi connectivity index (χ0v) is 21.4. The molecule has 0 aliphatic carbocycles. The largest absolute Gasteiger partial charge is 0.353 e. The Labute approximate surface area is 201 Å². The zero-order valence-electron chi connectivity index (χ0n) is 16.6. The van der Waals surface area contributed by atoms with Gasteiger partial charge in [-0.15, -0.1) is 11.8 Å². The SMILES string of the molecule is CSc1cc(-c2ncc(C)n2C)ccc1Nc1cc(Cl)nc2c1nc(C(F)F)n2PI. The molecule has 0 saturated carbocycles. The average Bonchev–Trinajstić information content (AvgIpc) is 3.28. The van der Waals surface area contributed by atoms with Crippen LogP contribution in [-0.4, -0.2) is 30.1 Å². The number of nitrogens with zero attached hydrogens (tertiary/aromatic N) is 5. The molecule has 0 aliphatic rings. The number of hydrogen-bond donors (Lipinski definition) is 1. The summed E-state index contributed by atoms with van der Waals surface area (Å²) in [7, 11) is 1.98. The highest BCUT2D eigenvalue weighted by Crippen LogP contribution is 2.39. The standard InChI is InChI=1S/C19H17ClF2IN6PS/c1-9-8-24-17(28(9)2)10-4-5-11(13(6-10)31-3)25-12-7-14(20)26-18-15(12)27-19(16(21)22)29(18)30-23/h4-8,16,30H,1-3H3,(H,25,26). The van der Waals surface area contributed by atoms with Crippen LogP contribution in [0.2, 0.25) is 5.15 Å². The number of imidazole rings is 2. The summed E-state index contributed by atoms with van der Waals surface area (Å²) in [5.41, 5.74) is 4.09. The maximum absolute atomic E-state index is 13.5. The van der Waals surface area contributed by atoms with Crippen LogP contribution in [0.3, 0.4) is 0 Å². The highest BCUT2D eigenvalue weighted by Gasteiger charge is 2.22. The van der Waals surface area contributed by atoms with Gasteiger partial charge in [0.15, 0.2) is 11.5 Å². The fourth-order valence-corrected chi connectivity index (χ4v) is 5.87. The molecule has 1 atom stereocenters. The minimum absolute atomic E-state index is 0.0230. The van der Waals surface area contributed by atoms with Crippen molar-refractivity contribution in [2.45, 2.75) is 18.2 Å². The molecule has 0 aliphatic heterocycles. The maximum atomic E-state index is 13.5. The van der Waals surface area contributed by atoms with Gasteiger partial charge in [0, 0.05) is 35.5 Å². The molecule has 1 aromatic carbocycles. The molecule has 3 heterocycles. The Morgan fingerprint density at radius 1 is 1.23 bits per heavy atom. The third-order valence-electron chi connectivity index (χ3n) is 4.84. The van der Waals surface area contributed by atoms with Gasteiger partial charge >= 0.3 is 0 Å². The van der Waals surface area contributed by atoms with Crippen LogP contribution >= 0.6 is 51.8 Å². The Kier molecular flexibility index (Phi) is 6.71. The number of aromatic nitrogens is 5. The molecule has 4 rings (SSSR count). The summed E-state index contributed by atoms with van der Waals surface area (Å²) in [6, 6.07) is 7.56. The normalized spacial score (nSPS) is 12.0. The van der Waals surface area contributed by atoms with Gasteiger partial charge in [0.2, 0.25) is 0 Å². The van der Waals surface area contributed by atoms with E-state index in [0.717, 1.165) is 27.7 Å². The lowest BCUT2D eigenvalue weighted by Crippen LogP contribution is -1.98. The first-order valence-corrected chi connectivity index (χ1v) is 14.7. The lowest BCUT2D eigenvalue weighted by atomic mass is 10.2. The number of alkyl halides is 2. The second-order valence-corrected chi connectivity index (χ2v) is 9.98. The molecule has 1 unspecified atom stereocenters. The number of hydrogen-bond acceptors (Lipinski definition) is 5. The number of pyridine rings is 1. The molecule has 162 valence electrons. The third-order valence-corrected chi connectivity index (χ3v) is 7.87. The van der Waals surface area contributed by atoms with Gasteiger partial charge in [0.1, 0.15) is 16.5 Å². The first-order chi connectivity index (χ1) is 14.8. The van der Waals surface area contributed by atoms with Crippen LogP contribution in [-0.2, 0) is 7.05 Å². The van der Waals surface area contributed by atoms with Gasteiger partial charge in [0.05, 0.1) is 17.7 Å². The van der Waals surface area contributed by atoms with E-state index in [9.17, 15) is 8.78 Å². The second-order valence-electron chi connectivity index (χ2n) is 6.68. The van der Waals surface area contributed by atoms with E-state index < -0.39 is 6.43 Å². The Morgan fingerprint density at radius 2 is 2.00 bits per heavy atom. The van der Waals surface area contributed by atoms with Crippen molar-refractivity contribution < 1.29 is 8.78 Å². The van der Waals surface area contributed by atoms with E-state index in [4.69, 9.17) is 11.6 Å². The number of benzene rings is 1. The zero-order chi connectivity index (χ0) is 22.3. The molecule has 3 aromatic heterocycles. The average molecular weight is 593 g/mol. The van der Waals surface area contributed by atoms with Crippen molar-refractivity contribution in [3.8, 4) is 11.4 Å². The van der Waals surface area contributed by atoms with Gasteiger partial charge in [-0.3, -0.25) is 4.34 Å². The number of thioether (sulfide) groups is 1. The van der Waals surface area contributed by atoms with Gasteiger partial charge in [-0.05, 0) is 53.4 Å². The summed E-state index contributed by atoms with van der Waals surface area (Å²) in [5.74, 6) is 0.559. The predicted molar refractivity (Wildman–Crippen MR) is 134 cm³/mol. The van der Waals surface area contributed by atoms with E-state index >= 15 is 0 Å². The highest BCUT2D eigenvalue weighted by atomic mass is 127. The lowest BCUT2D eigenvalue weighted by Gasteiger charge is -2.13. The van der Waals surface area contributed by atoms with Crippen LogP contribution in [0.1, 0.15) is 17.9 Å². The van der Waals surface area contributed by atoms with Gasteiger partial charge in [-0.1, -0.05) is 11.6 Å². The Morgan fingerprint density at radius 3 is 2.61 bits per heavy atom. The van der Waals surface area contributed by atoms with Crippen LogP contribution < -0.4 is 5.32 Å². The van der Waals surface area contributed by atoms with Gasteiger partial charge < -0.3 is 9.88 Å². The van der Waals surface area contributed by atoms with E-state index in [1.165, 1.54) is 4.34 Å². The minimum Gasteiger partial charge on any atom is -0.353 e. The molecular weight excluding hydrogens is 576 g/mol. The van der Waals surface area contributed by atoms with Gasteiger partial charge in [-0.25, -0.2) is 23.7 Å². The van der Waals surface area contributed by atoms with Crippen LogP contribution in [0.5, 0.6) is 0 Å². The third kappa shape index (κ3) is 4.27. The summed E-state index contributed by atoms with van der Waals surface area (Å²) in [6.07, 6.45) is 1.13. The molecule has 6 nitrogen and oxygen atoms in total. The van der Waals surface area contributed by atoms with Gasteiger partial charge in [-0.2, -0.15) is 0 Å². The minimum atomic E-state index is -2.70.